The Balaban J connectivity index is 4.20. The largest absolute Gasteiger partial charge is 0.481 e. The molecule has 1 amide bonds. The zero-order valence-corrected chi connectivity index (χ0v) is 9.12. The Morgan fingerprint density at radius 3 is 2.29 bits per heavy atom. The van der Waals surface area contributed by atoms with Gasteiger partial charge in [0.15, 0.2) is 0 Å². The van der Waals surface area contributed by atoms with Crippen molar-refractivity contribution < 1.29 is 14.7 Å². The van der Waals surface area contributed by atoms with Crippen LogP contribution in [0.15, 0.2) is 0 Å². The summed E-state index contributed by atoms with van der Waals surface area (Å²) in [6.45, 7) is 4.39. The van der Waals surface area contributed by atoms with Gasteiger partial charge in [-0.15, -0.1) is 0 Å². The number of carbonyl (C=O) groups excluding carboxylic acids is 1. The molecule has 0 fully saturated rings. The van der Waals surface area contributed by atoms with Gasteiger partial charge >= 0.3 is 5.97 Å². The fraction of sp³-hybridized carbons (Fsp3) is 0.800. The number of carboxylic acid groups (broad SMARTS) is 1. The molecule has 0 spiro atoms. The van der Waals surface area contributed by atoms with Gasteiger partial charge in [0.2, 0.25) is 5.91 Å². The predicted molar refractivity (Wildman–Crippen MR) is 54.0 cm³/mol. The summed E-state index contributed by atoms with van der Waals surface area (Å²) in [6.07, 6.45) is 2.27. The number of amides is 1. The van der Waals surface area contributed by atoms with Gasteiger partial charge in [-0.05, 0) is 12.8 Å². The van der Waals surface area contributed by atoms with Crippen molar-refractivity contribution in [3.63, 3.8) is 0 Å². The SMILES string of the molecule is CCCCN(C)C(=O)C(CC)C(=O)O. The normalized spacial score (nSPS) is 12.2. The number of unbranched alkanes of at least 4 members (excludes halogenated alkanes) is 1. The number of rotatable bonds is 6. The van der Waals surface area contributed by atoms with Crippen LogP contribution in [0.25, 0.3) is 0 Å². The maximum Gasteiger partial charge on any atom is 0.316 e. The minimum absolute atomic E-state index is 0.284. The highest BCUT2D eigenvalue weighted by atomic mass is 16.4. The van der Waals surface area contributed by atoms with E-state index in [4.69, 9.17) is 5.11 Å². The first-order valence-electron chi connectivity index (χ1n) is 5.02. The molecule has 0 aliphatic rings. The summed E-state index contributed by atoms with van der Waals surface area (Å²) in [5.41, 5.74) is 0. The van der Waals surface area contributed by atoms with E-state index in [0.717, 1.165) is 12.8 Å². The van der Waals surface area contributed by atoms with Crippen molar-refractivity contribution in [2.24, 2.45) is 5.92 Å². The van der Waals surface area contributed by atoms with Crippen molar-refractivity contribution >= 4 is 11.9 Å². The van der Waals surface area contributed by atoms with E-state index in [9.17, 15) is 9.59 Å². The van der Waals surface area contributed by atoms with E-state index in [2.05, 4.69) is 0 Å². The quantitative estimate of drug-likeness (QED) is 0.660. The Morgan fingerprint density at radius 1 is 1.36 bits per heavy atom. The van der Waals surface area contributed by atoms with Gasteiger partial charge in [-0.1, -0.05) is 20.3 Å². The van der Waals surface area contributed by atoms with Gasteiger partial charge in [0.25, 0.3) is 0 Å². The Bertz CT molecular complexity index is 204. The van der Waals surface area contributed by atoms with Crippen molar-refractivity contribution in [2.75, 3.05) is 13.6 Å². The molecule has 4 heteroatoms. The van der Waals surface area contributed by atoms with Crippen molar-refractivity contribution in [3.8, 4) is 0 Å². The summed E-state index contributed by atoms with van der Waals surface area (Å²) in [5.74, 6) is -2.19. The fourth-order valence-corrected chi connectivity index (χ4v) is 1.23. The maximum atomic E-state index is 11.6. The lowest BCUT2D eigenvalue weighted by Crippen LogP contribution is -2.37. The summed E-state index contributed by atoms with van der Waals surface area (Å²) >= 11 is 0. The van der Waals surface area contributed by atoms with E-state index in [-0.39, 0.29) is 5.91 Å². The summed E-state index contributed by atoms with van der Waals surface area (Å²) in [4.78, 5) is 23.8. The molecule has 82 valence electrons. The molecule has 0 aliphatic heterocycles. The average molecular weight is 201 g/mol. The van der Waals surface area contributed by atoms with Crippen LogP contribution in [-0.2, 0) is 9.59 Å². The molecule has 0 heterocycles. The Kier molecular flexibility index (Phi) is 5.92. The highest BCUT2D eigenvalue weighted by Crippen LogP contribution is 2.07. The number of hydrogen-bond donors (Lipinski definition) is 1. The molecule has 0 rings (SSSR count). The lowest BCUT2D eigenvalue weighted by Gasteiger charge is -2.20. The molecular formula is C10H19NO3. The van der Waals surface area contributed by atoms with Crippen LogP contribution in [-0.4, -0.2) is 35.5 Å². The first-order valence-corrected chi connectivity index (χ1v) is 5.02. The minimum Gasteiger partial charge on any atom is -0.481 e. The standard InChI is InChI=1S/C10H19NO3/c1-4-6-7-11(3)9(12)8(5-2)10(13)14/h8H,4-7H2,1-3H3,(H,13,14). The summed E-state index contributed by atoms with van der Waals surface area (Å²) in [7, 11) is 1.66. The third-order valence-corrected chi connectivity index (χ3v) is 2.23. The molecule has 0 bridgehead atoms. The van der Waals surface area contributed by atoms with E-state index in [1.54, 1.807) is 14.0 Å². The third kappa shape index (κ3) is 3.77. The van der Waals surface area contributed by atoms with Crippen LogP contribution in [0.2, 0.25) is 0 Å². The Morgan fingerprint density at radius 2 is 1.93 bits per heavy atom. The second kappa shape index (κ2) is 6.40. The molecule has 1 unspecified atom stereocenters. The number of carbonyl (C=O) groups is 2. The number of carboxylic acids is 1. The summed E-state index contributed by atoms with van der Waals surface area (Å²) < 4.78 is 0. The summed E-state index contributed by atoms with van der Waals surface area (Å²) in [5, 5.41) is 8.77. The van der Waals surface area contributed by atoms with Crippen LogP contribution in [0, 0.1) is 5.92 Å². The molecule has 0 saturated carbocycles. The van der Waals surface area contributed by atoms with Crippen molar-refractivity contribution in [1.29, 1.82) is 0 Å². The Labute approximate surface area is 84.9 Å². The lowest BCUT2D eigenvalue weighted by atomic mass is 10.1. The van der Waals surface area contributed by atoms with Gasteiger partial charge in [0, 0.05) is 13.6 Å². The highest BCUT2D eigenvalue weighted by Gasteiger charge is 2.26. The smallest absolute Gasteiger partial charge is 0.316 e. The first-order chi connectivity index (χ1) is 6.54. The molecule has 4 nitrogen and oxygen atoms in total. The lowest BCUT2D eigenvalue weighted by molar-refractivity contribution is -0.150. The summed E-state index contributed by atoms with van der Waals surface area (Å²) in [6, 6.07) is 0. The van der Waals surface area contributed by atoms with Gasteiger partial charge in [-0.25, -0.2) is 0 Å². The third-order valence-electron chi connectivity index (χ3n) is 2.23. The average Bonchev–Trinajstić information content (AvgIpc) is 2.14. The highest BCUT2D eigenvalue weighted by molar-refractivity contribution is 5.96. The second-order valence-corrected chi connectivity index (χ2v) is 3.41. The van der Waals surface area contributed by atoms with Gasteiger partial charge in [0.1, 0.15) is 5.92 Å². The number of aliphatic carboxylic acids is 1. The topological polar surface area (TPSA) is 57.6 Å². The molecule has 1 atom stereocenters. The predicted octanol–water partition coefficient (Wildman–Crippen LogP) is 1.36. The molecule has 0 aliphatic carbocycles. The number of hydrogen-bond acceptors (Lipinski definition) is 2. The van der Waals surface area contributed by atoms with Gasteiger partial charge in [-0.3, -0.25) is 9.59 Å². The van der Waals surface area contributed by atoms with E-state index in [0.29, 0.717) is 13.0 Å². The van der Waals surface area contributed by atoms with Crippen LogP contribution < -0.4 is 0 Å². The Hall–Kier alpha value is -1.06. The van der Waals surface area contributed by atoms with Crippen LogP contribution in [0.4, 0.5) is 0 Å². The molecule has 0 radical (unpaired) electrons. The van der Waals surface area contributed by atoms with Gasteiger partial charge in [0.05, 0.1) is 0 Å². The minimum atomic E-state index is -1.03. The van der Waals surface area contributed by atoms with Crippen LogP contribution in [0.5, 0.6) is 0 Å². The van der Waals surface area contributed by atoms with Crippen molar-refractivity contribution in [3.05, 3.63) is 0 Å². The second-order valence-electron chi connectivity index (χ2n) is 3.41. The zero-order valence-electron chi connectivity index (χ0n) is 9.12. The van der Waals surface area contributed by atoms with E-state index >= 15 is 0 Å². The molecular weight excluding hydrogens is 182 g/mol. The number of nitrogens with zero attached hydrogens (tertiary/aromatic N) is 1. The monoisotopic (exact) mass is 201 g/mol. The fourth-order valence-electron chi connectivity index (χ4n) is 1.23. The molecule has 14 heavy (non-hydrogen) atoms. The van der Waals surface area contributed by atoms with Gasteiger partial charge < -0.3 is 10.0 Å². The van der Waals surface area contributed by atoms with Crippen LogP contribution >= 0.6 is 0 Å². The van der Waals surface area contributed by atoms with Crippen LogP contribution in [0.1, 0.15) is 33.1 Å². The van der Waals surface area contributed by atoms with Gasteiger partial charge in [-0.2, -0.15) is 0 Å². The van der Waals surface area contributed by atoms with Crippen LogP contribution in [0.3, 0.4) is 0 Å². The molecule has 0 aromatic heterocycles. The van der Waals surface area contributed by atoms with E-state index < -0.39 is 11.9 Å². The maximum absolute atomic E-state index is 11.6. The molecule has 0 saturated heterocycles. The van der Waals surface area contributed by atoms with E-state index in [1.807, 2.05) is 6.92 Å². The zero-order chi connectivity index (χ0) is 11.1. The van der Waals surface area contributed by atoms with E-state index in [1.165, 1.54) is 4.90 Å². The first kappa shape index (κ1) is 12.9. The van der Waals surface area contributed by atoms with Crippen molar-refractivity contribution in [2.45, 2.75) is 33.1 Å². The van der Waals surface area contributed by atoms with Crippen molar-refractivity contribution in [1.82, 2.24) is 4.90 Å². The molecule has 0 aromatic carbocycles. The molecule has 1 N–H and O–H groups in total. The molecule has 0 aromatic rings.